The number of benzene rings is 1. The largest absolute Gasteiger partial charge is 0.479 e. The minimum atomic E-state index is -0.664. The summed E-state index contributed by atoms with van der Waals surface area (Å²) >= 11 is 6.18. The molecule has 1 rings (SSSR count). The van der Waals surface area contributed by atoms with Gasteiger partial charge >= 0.3 is 0 Å². The van der Waals surface area contributed by atoms with E-state index < -0.39 is 6.10 Å². The number of hydrogen-bond acceptors (Lipinski definition) is 3. The van der Waals surface area contributed by atoms with Gasteiger partial charge in [0.25, 0.3) is 5.91 Å². The second-order valence-electron chi connectivity index (χ2n) is 4.59. The van der Waals surface area contributed by atoms with E-state index in [0.717, 1.165) is 18.5 Å². The summed E-state index contributed by atoms with van der Waals surface area (Å²) in [6, 6.07) is 5.53. The lowest BCUT2D eigenvalue weighted by molar-refractivity contribution is -0.127. The van der Waals surface area contributed by atoms with Gasteiger partial charge in [0, 0.05) is 12.1 Å². The molecule has 0 radical (unpaired) electrons. The van der Waals surface area contributed by atoms with Gasteiger partial charge in [-0.1, -0.05) is 36.6 Å². The number of ether oxygens (including phenoxy) is 1. The standard InChI is InChI=1S/C16H21ClN2O2/c1-4-9-18-11-13-7-6-8-14(17)15(13)21-12(3)16(20)19-10-5-2/h2,6-8,12,18H,4,9-11H2,1,3H3,(H,19,20). The summed E-state index contributed by atoms with van der Waals surface area (Å²) in [5.41, 5.74) is 0.924. The zero-order valence-corrected chi connectivity index (χ0v) is 13.2. The Balaban J connectivity index is 2.76. The maximum absolute atomic E-state index is 11.8. The van der Waals surface area contributed by atoms with Crippen molar-refractivity contribution in [3.63, 3.8) is 0 Å². The predicted octanol–water partition coefficient (Wildman–Crippen LogP) is 2.36. The lowest BCUT2D eigenvalue weighted by atomic mass is 10.2. The highest BCUT2D eigenvalue weighted by atomic mass is 35.5. The van der Waals surface area contributed by atoms with Crippen molar-refractivity contribution in [3.8, 4) is 18.1 Å². The molecule has 1 amide bonds. The topological polar surface area (TPSA) is 50.4 Å². The van der Waals surface area contributed by atoms with Gasteiger partial charge in [-0.15, -0.1) is 6.42 Å². The minimum absolute atomic E-state index is 0.181. The summed E-state index contributed by atoms with van der Waals surface area (Å²) in [6.45, 7) is 5.49. The van der Waals surface area contributed by atoms with Gasteiger partial charge < -0.3 is 15.4 Å². The van der Waals surface area contributed by atoms with Crippen molar-refractivity contribution < 1.29 is 9.53 Å². The molecule has 5 heteroatoms. The van der Waals surface area contributed by atoms with Crippen molar-refractivity contribution in [1.82, 2.24) is 10.6 Å². The third-order valence-corrected chi connectivity index (χ3v) is 3.12. The highest BCUT2D eigenvalue weighted by Crippen LogP contribution is 2.29. The van der Waals surface area contributed by atoms with E-state index in [0.29, 0.717) is 17.3 Å². The van der Waals surface area contributed by atoms with E-state index in [1.807, 2.05) is 12.1 Å². The number of hydrogen-bond donors (Lipinski definition) is 2. The first-order valence-electron chi connectivity index (χ1n) is 6.96. The zero-order chi connectivity index (χ0) is 15.7. The third kappa shape index (κ3) is 5.66. The molecule has 0 saturated heterocycles. The first-order chi connectivity index (χ1) is 10.1. The summed E-state index contributed by atoms with van der Waals surface area (Å²) in [5.74, 6) is 2.62. The van der Waals surface area contributed by atoms with Crippen molar-refractivity contribution in [2.45, 2.75) is 32.9 Å². The number of terminal acetylenes is 1. The van der Waals surface area contributed by atoms with Gasteiger partial charge in [0.2, 0.25) is 0 Å². The van der Waals surface area contributed by atoms with E-state index in [-0.39, 0.29) is 12.5 Å². The van der Waals surface area contributed by atoms with Gasteiger partial charge in [-0.05, 0) is 26.0 Å². The molecule has 1 atom stereocenters. The molecule has 0 saturated carbocycles. The van der Waals surface area contributed by atoms with Gasteiger partial charge in [-0.2, -0.15) is 0 Å². The molecule has 21 heavy (non-hydrogen) atoms. The molecular formula is C16H21ClN2O2. The van der Waals surface area contributed by atoms with Crippen LogP contribution < -0.4 is 15.4 Å². The second-order valence-corrected chi connectivity index (χ2v) is 4.99. The monoisotopic (exact) mass is 308 g/mol. The number of rotatable bonds is 8. The van der Waals surface area contributed by atoms with Crippen molar-refractivity contribution >= 4 is 17.5 Å². The van der Waals surface area contributed by atoms with Crippen molar-refractivity contribution in [1.29, 1.82) is 0 Å². The molecule has 0 aliphatic rings. The molecule has 114 valence electrons. The average molecular weight is 309 g/mol. The molecule has 0 fully saturated rings. The Kier molecular flexibility index (Phi) is 7.66. The third-order valence-electron chi connectivity index (χ3n) is 2.82. The molecule has 0 spiro atoms. The number of nitrogens with one attached hydrogen (secondary N) is 2. The van der Waals surface area contributed by atoms with E-state index in [1.165, 1.54) is 0 Å². The summed E-state index contributed by atoms with van der Waals surface area (Å²) in [5, 5.41) is 6.36. The van der Waals surface area contributed by atoms with E-state index in [2.05, 4.69) is 23.5 Å². The smallest absolute Gasteiger partial charge is 0.261 e. The van der Waals surface area contributed by atoms with Crippen LogP contribution in [-0.2, 0) is 11.3 Å². The Bertz CT molecular complexity index is 511. The molecular weight excluding hydrogens is 288 g/mol. The normalized spacial score (nSPS) is 11.5. The highest BCUT2D eigenvalue weighted by Gasteiger charge is 2.17. The molecule has 0 bridgehead atoms. The molecule has 0 heterocycles. The molecule has 0 aliphatic carbocycles. The van der Waals surface area contributed by atoms with Crippen LogP contribution in [-0.4, -0.2) is 25.1 Å². The lowest BCUT2D eigenvalue weighted by Gasteiger charge is -2.18. The number of halogens is 1. The van der Waals surface area contributed by atoms with Gasteiger partial charge in [0.15, 0.2) is 6.10 Å². The van der Waals surface area contributed by atoms with Gasteiger partial charge in [-0.25, -0.2) is 0 Å². The predicted molar refractivity (Wildman–Crippen MR) is 85.4 cm³/mol. The quantitative estimate of drug-likeness (QED) is 0.572. The molecule has 1 aromatic carbocycles. The summed E-state index contributed by atoms with van der Waals surface area (Å²) in [7, 11) is 0. The van der Waals surface area contributed by atoms with Crippen LogP contribution in [0, 0.1) is 12.3 Å². The molecule has 2 N–H and O–H groups in total. The molecule has 1 unspecified atom stereocenters. The number of para-hydroxylation sites is 1. The van der Waals surface area contributed by atoms with Crippen LogP contribution in [0.1, 0.15) is 25.8 Å². The van der Waals surface area contributed by atoms with E-state index in [1.54, 1.807) is 13.0 Å². The Morgan fingerprint density at radius 1 is 1.52 bits per heavy atom. The number of carbonyl (C=O) groups is 1. The van der Waals surface area contributed by atoms with Crippen molar-refractivity contribution in [3.05, 3.63) is 28.8 Å². The van der Waals surface area contributed by atoms with Crippen LogP contribution in [0.4, 0.5) is 0 Å². The Labute approximate surface area is 131 Å². The minimum Gasteiger partial charge on any atom is -0.479 e. The lowest BCUT2D eigenvalue weighted by Crippen LogP contribution is -2.36. The fraction of sp³-hybridized carbons (Fsp3) is 0.438. The fourth-order valence-electron chi connectivity index (χ4n) is 1.74. The van der Waals surface area contributed by atoms with Crippen LogP contribution >= 0.6 is 11.6 Å². The van der Waals surface area contributed by atoms with E-state index in [4.69, 9.17) is 22.8 Å². The SMILES string of the molecule is C#CCNC(=O)C(C)Oc1c(Cl)cccc1CNCCC. The first-order valence-corrected chi connectivity index (χ1v) is 7.33. The van der Waals surface area contributed by atoms with E-state index in [9.17, 15) is 4.79 Å². The van der Waals surface area contributed by atoms with Crippen LogP contribution in [0.2, 0.25) is 5.02 Å². The Morgan fingerprint density at radius 2 is 2.29 bits per heavy atom. The maximum Gasteiger partial charge on any atom is 0.261 e. The second kappa shape index (κ2) is 9.28. The summed E-state index contributed by atoms with van der Waals surface area (Å²) in [6.07, 6.45) is 5.49. The van der Waals surface area contributed by atoms with Crippen LogP contribution in [0.3, 0.4) is 0 Å². The highest BCUT2D eigenvalue weighted by molar-refractivity contribution is 6.32. The van der Waals surface area contributed by atoms with Gasteiger partial charge in [0.05, 0.1) is 11.6 Å². The van der Waals surface area contributed by atoms with Crippen molar-refractivity contribution in [2.24, 2.45) is 0 Å². The molecule has 4 nitrogen and oxygen atoms in total. The average Bonchev–Trinajstić information content (AvgIpc) is 2.48. The van der Waals surface area contributed by atoms with Gasteiger partial charge in [-0.3, -0.25) is 4.79 Å². The summed E-state index contributed by atoms with van der Waals surface area (Å²) in [4.78, 5) is 11.8. The maximum atomic E-state index is 11.8. The van der Waals surface area contributed by atoms with Crippen molar-refractivity contribution in [2.75, 3.05) is 13.1 Å². The number of amides is 1. The molecule has 0 aromatic heterocycles. The van der Waals surface area contributed by atoms with E-state index >= 15 is 0 Å². The first kappa shape index (κ1) is 17.4. The van der Waals surface area contributed by atoms with Crippen LogP contribution in [0.25, 0.3) is 0 Å². The number of carbonyl (C=O) groups excluding carboxylic acids is 1. The molecule has 1 aromatic rings. The Morgan fingerprint density at radius 3 is 2.95 bits per heavy atom. The zero-order valence-electron chi connectivity index (χ0n) is 12.4. The molecule has 0 aliphatic heterocycles. The Hall–Kier alpha value is -1.70. The fourth-order valence-corrected chi connectivity index (χ4v) is 1.98. The van der Waals surface area contributed by atoms with Crippen LogP contribution in [0.15, 0.2) is 18.2 Å². The van der Waals surface area contributed by atoms with Gasteiger partial charge in [0.1, 0.15) is 5.75 Å². The van der Waals surface area contributed by atoms with Crippen LogP contribution in [0.5, 0.6) is 5.75 Å². The summed E-state index contributed by atoms with van der Waals surface area (Å²) < 4.78 is 5.71.